The van der Waals surface area contributed by atoms with Crippen molar-refractivity contribution < 1.29 is 9.53 Å². The van der Waals surface area contributed by atoms with Crippen LogP contribution < -0.4 is 10.1 Å². The van der Waals surface area contributed by atoms with E-state index >= 15 is 0 Å². The first-order valence-corrected chi connectivity index (χ1v) is 11.4. The number of halogens is 1. The van der Waals surface area contributed by atoms with Gasteiger partial charge in [-0.1, -0.05) is 23.7 Å². The smallest absolute Gasteiger partial charge is 0.264 e. The molecule has 1 amide bonds. The fourth-order valence-electron chi connectivity index (χ4n) is 3.76. The number of nitrogens with one attached hydrogen (secondary N) is 1. The summed E-state index contributed by atoms with van der Waals surface area (Å²) in [6.45, 7) is 8.10. The molecular formula is C25H24ClN3O2S. The van der Waals surface area contributed by atoms with Crippen molar-refractivity contribution in [2.24, 2.45) is 4.99 Å². The number of aliphatic imine (C=N–C) groups is 1. The van der Waals surface area contributed by atoms with E-state index in [4.69, 9.17) is 16.3 Å². The lowest BCUT2D eigenvalue weighted by Crippen LogP contribution is -2.19. The van der Waals surface area contributed by atoms with Gasteiger partial charge in [0, 0.05) is 22.1 Å². The second kappa shape index (κ2) is 8.88. The van der Waals surface area contributed by atoms with Crippen LogP contribution in [0.2, 0.25) is 5.02 Å². The predicted molar refractivity (Wildman–Crippen MR) is 134 cm³/mol. The van der Waals surface area contributed by atoms with Gasteiger partial charge in [-0.3, -0.25) is 4.79 Å². The average Bonchev–Trinajstić information content (AvgIpc) is 3.23. The monoisotopic (exact) mass is 465 g/mol. The molecular weight excluding hydrogens is 442 g/mol. The van der Waals surface area contributed by atoms with Crippen LogP contribution >= 0.6 is 23.4 Å². The lowest BCUT2D eigenvalue weighted by Gasteiger charge is -2.13. The molecule has 0 radical (unpaired) electrons. The van der Waals surface area contributed by atoms with Gasteiger partial charge in [0.1, 0.15) is 11.4 Å². The summed E-state index contributed by atoms with van der Waals surface area (Å²) in [7, 11) is 1.61. The first-order chi connectivity index (χ1) is 15.3. The molecule has 1 aliphatic heterocycles. The van der Waals surface area contributed by atoms with Crippen LogP contribution in [0, 0.1) is 27.7 Å². The number of carbonyl (C=O) groups is 1. The van der Waals surface area contributed by atoms with Crippen molar-refractivity contribution in [3.63, 3.8) is 0 Å². The van der Waals surface area contributed by atoms with Crippen LogP contribution in [0.25, 0.3) is 11.8 Å². The molecule has 0 aliphatic carbocycles. The summed E-state index contributed by atoms with van der Waals surface area (Å²) in [6, 6.07) is 13.7. The molecule has 7 heteroatoms. The lowest BCUT2D eigenvalue weighted by atomic mass is 10.2. The van der Waals surface area contributed by atoms with Crippen molar-refractivity contribution in [3.8, 4) is 11.4 Å². The molecule has 32 heavy (non-hydrogen) atoms. The minimum Gasteiger partial charge on any atom is -0.494 e. The molecule has 0 bridgehead atoms. The van der Waals surface area contributed by atoms with Crippen molar-refractivity contribution in [2.75, 3.05) is 7.11 Å². The summed E-state index contributed by atoms with van der Waals surface area (Å²) in [4.78, 5) is 17.8. The minimum absolute atomic E-state index is 0.163. The van der Waals surface area contributed by atoms with Gasteiger partial charge in [0.2, 0.25) is 0 Å². The van der Waals surface area contributed by atoms with Crippen LogP contribution in [0.4, 0.5) is 5.69 Å². The van der Waals surface area contributed by atoms with E-state index in [2.05, 4.69) is 27.0 Å². The van der Waals surface area contributed by atoms with Crippen molar-refractivity contribution in [1.29, 1.82) is 0 Å². The summed E-state index contributed by atoms with van der Waals surface area (Å²) >= 11 is 7.67. The third-order valence-electron chi connectivity index (χ3n) is 5.44. The van der Waals surface area contributed by atoms with Gasteiger partial charge >= 0.3 is 0 Å². The molecule has 4 rings (SSSR count). The molecule has 5 nitrogen and oxygen atoms in total. The number of aryl methyl sites for hydroxylation is 2. The largest absolute Gasteiger partial charge is 0.494 e. The van der Waals surface area contributed by atoms with E-state index in [1.165, 1.54) is 11.8 Å². The highest BCUT2D eigenvalue weighted by Gasteiger charge is 2.25. The summed E-state index contributed by atoms with van der Waals surface area (Å²) in [6.07, 6.45) is 1.91. The molecule has 0 spiro atoms. The average molecular weight is 466 g/mol. The topological polar surface area (TPSA) is 55.6 Å². The Morgan fingerprint density at radius 2 is 1.91 bits per heavy atom. The molecule has 2 heterocycles. The quantitative estimate of drug-likeness (QED) is 0.462. The predicted octanol–water partition coefficient (Wildman–Crippen LogP) is 6.26. The van der Waals surface area contributed by atoms with Crippen LogP contribution in [0.5, 0.6) is 5.75 Å². The maximum Gasteiger partial charge on any atom is 0.264 e. The van der Waals surface area contributed by atoms with Crippen LogP contribution in [0.3, 0.4) is 0 Å². The first-order valence-electron chi connectivity index (χ1n) is 10.2. The van der Waals surface area contributed by atoms with E-state index in [1.54, 1.807) is 7.11 Å². The standard InChI is InChI=1S/C25H24ClN3O2S/c1-14-9-10-22(31-5)20(11-14)27-25-28-24(30)23(32-25)13-18-12-15(2)29(17(18)4)21-8-6-7-19(26)16(21)3/h6-13H,1-5H3,(H,27,28,30)/b23-13-. The Hall–Kier alpha value is -2.96. The van der Waals surface area contributed by atoms with Gasteiger partial charge in [0.15, 0.2) is 5.17 Å². The first kappa shape index (κ1) is 22.2. The fraction of sp³-hybridized carbons (Fsp3) is 0.200. The van der Waals surface area contributed by atoms with Crippen LogP contribution in [-0.4, -0.2) is 22.8 Å². The van der Waals surface area contributed by atoms with Gasteiger partial charge in [0.05, 0.1) is 12.0 Å². The Kier molecular flexibility index (Phi) is 6.17. The Balaban J connectivity index is 1.68. The van der Waals surface area contributed by atoms with Crippen LogP contribution in [0.1, 0.15) is 28.1 Å². The van der Waals surface area contributed by atoms with E-state index in [1.807, 2.05) is 64.1 Å². The molecule has 0 saturated carbocycles. The van der Waals surface area contributed by atoms with Crippen molar-refractivity contribution in [2.45, 2.75) is 27.7 Å². The normalized spacial score (nSPS) is 16.1. The molecule has 0 unspecified atom stereocenters. The minimum atomic E-state index is -0.163. The maximum atomic E-state index is 12.6. The zero-order valence-corrected chi connectivity index (χ0v) is 20.2. The fourth-order valence-corrected chi connectivity index (χ4v) is 4.76. The SMILES string of the molecule is COc1ccc(C)cc1N=C1NC(=O)/C(=C/c2cc(C)n(-c3cccc(Cl)c3C)c2C)S1. The van der Waals surface area contributed by atoms with E-state index in [9.17, 15) is 4.79 Å². The molecule has 1 saturated heterocycles. The second-order valence-corrected chi connectivity index (χ2v) is 9.14. The summed E-state index contributed by atoms with van der Waals surface area (Å²) < 4.78 is 7.56. The lowest BCUT2D eigenvalue weighted by molar-refractivity contribution is -0.115. The Morgan fingerprint density at radius 3 is 2.66 bits per heavy atom. The van der Waals surface area contributed by atoms with Gasteiger partial charge in [-0.2, -0.15) is 0 Å². The molecule has 3 aromatic rings. The number of amides is 1. The van der Waals surface area contributed by atoms with Gasteiger partial charge in [-0.05, 0) is 92.6 Å². The third kappa shape index (κ3) is 4.20. The Morgan fingerprint density at radius 1 is 1.12 bits per heavy atom. The highest BCUT2D eigenvalue weighted by molar-refractivity contribution is 8.18. The Bertz CT molecular complexity index is 1290. The number of benzene rings is 2. The van der Waals surface area contributed by atoms with Gasteiger partial charge in [0.25, 0.3) is 5.91 Å². The maximum absolute atomic E-state index is 12.6. The van der Waals surface area contributed by atoms with E-state index in [0.717, 1.165) is 38.8 Å². The van der Waals surface area contributed by atoms with Gasteiger partial charge in [-0.25, -0.2) is 4.99 Å². The molecule has 1 N–H and O–H groups in total. The van der Waals surface area contributed by atoms with Gasteiger partial charge in [-0.15, -0.1) is 0 Å². The zero-order valence-electron chi connectivity index (χ0n) is 18.6. The van der Waals surface area contributed by atoms with Crippen LogP contribution in [-0.2, 0) is 4.79 Å². The van der Waals surface area contributed by atoms with E-state index in [0.29, 0.717) is 21.5 Å². The van der Waals surface area contributed by atoms with Crippen molar-refractivity contribution >= 4 is 46.2 Å². The highest BCUT2D eigenvalue weighted by Crippen LogP contribution is 2.34. The number of nitrogens with zero attached hydrogens (tertiary/aromatic N) is 2. The number of ether oxygens (including phenoxy) is 1. The highest BCUT2D eigenvalue weighted by atomic mass is 35.5. The Labute approximate surface area is 197 Å². The van der Waals surface area contributed by atoms with E-state index < -0.39 is 0 Å². The number of hydrogen-bond donors (Lipinski definition) is 1. The number of hydrogen-bond acceptors (Lipinski definition) is 4. The third-order valence-corrected chi connectivity index (χ3v) is 6.76. The molecule has 164 valence electrons. The van der Waals surface area contributed by atoms with Crippen molar-refractivity contribution in [3.05, 3.63) is 80.5 Å². The molecule has 2 aromatic carbocycles. The number of methoxy groups -OCH3 is 1. The summed E-state index contributed by atoms with van der Waals surface area (Å²) in [5.41, 5.74) is 6.90. The molecule has 1 fully saturated rings. The molecule has 1 aliphatic rings. The zero-order chi connectivity index (χ0) is 23.0. The number of thioether (sulfide) groups is 1. The number of rotatable bonds is 4. The van der Waals surface area contributed by atoms with Crippen molar-refractivity contribution in [1.82, 2.24) is 9.88 Å². The van der Waals surface area contributed by atoms with E-state index in [-0.39, 0.29) is 5.91 Å². The number of aromatic nitrogens is 1. The van der Waals surface area contributed by atoms with Crippen LogP contribution in [0.15, 0.2) is 52.4 Å². The van der Waals surface area contributed by atoms with Gasteiger partial charge < -0.3 is 14.6 Å². The molecule has 1 aromatic heterocycles. The number of carbonyl (C=O) groups excluding carboxylic acids is 1. The summed E-state index contributed by atoms with van der Waals surface area (Å²) in [5.74, 6) is 0.500. The molecule has 0 atom stereocenters. The second-order valence-electron chi connectivity index (χ2n) is 7.70. The number of amidine groups is 1. The summed E-state index contributed by atoms with van der Waals surface area (Å²) in [5, 5.41) is 4.12.